The normalized spacial score (nSPS) is 13.8. The first-order valence-electron chi connectivity index (χ1n) is 24.2. The van der Waals surface area contributed by atoms with Crippen molar-refractivity contribution in [3.63, 3.8) is 0 Å². The van der Waals surface area contributed by atoms with Crippen LogP contribution in [0.4, 0.5) is 0 Å². The van der Waals surface area contributed by atoms with E-state index in [1.165, 1.54) is 133 Å². The quantitative estimate of drug-likeness (QED) is 0.166. The Hall–Kier alpha value is -7.74. The maximum Gasteiger partial charge on any atom is 0.0547 e. The van der Waals surface area contributed by atoms with Gasteiger partial charge >= 0.3 is 0 Å². The molecule has 0 fully saturated rings. The summed E-state index contributed by atoms with van der Waals surface area (Å²) in [6, 6.07) is 76.1. The van der Waals surface area contributed by atoms with Gasteiger partial charge in [0.25, 0.3) is 0 Å². The maximum atomic E-state index is 2.52. The highest BCUT2D eigenvalue weighted by molar-refractivity contribution is 6.11. The minimum Gasteiger partial charge on any atom is -0.309 e. The highest BCUT2D eigenvalue weighted by Gasteiger charge is 2.42. The third-order valence-electron chi connectivity index (χ3n) is 15.4. The van der Waals surface area contributed by atoms with Gasteiger partial charge in [-0.05, 0) is 157 Å². The average Bonchev–Trinajstić information content (AvgIpc) is 3.90. The fraction of sp³-hybridized carbons (Fsp3) is 0.134. The van der Waals surface area contributed by atoms with E-state index in [0.717, 1.165) is 0 Å². The highest BCUT2D eigenvalue weighted by atomic mass is 15.0. The number of rotatable bonds is 4. The van der Waals surface area contributed by atoms with Gasteiger partial charge in [-0.3, -0.25) is 0 Å². The molecule has 1 heteroatoms. The van der Waals surface area contributed by atoms with Crippen LogP contribution in [-0.4, -0.2) is 4.57 Å². The van der Waals surface area contributed by atoms with Crippen molar-refractivity contribution in [1.82, 2.24) is 4.57 Å². The van der Waals surface area contributed by atoms with Crippen molar-refractivity contribution in [2.75, 3.05) is 0 Å². The van der Waals surface area contributed by atoms with Crippen molar-refractivity contribution in [1.29, 1.82) is 0 Å². The third-order valence-corrected chi connectivity index (χ3v) is 15.4. The Balaban J connectivity index is 0.000000201. The number of para-hydroxylation sites is 1. The number of hydrogen-bond donors (Lipinski definition) is 0. The zero-order chi connectivity index (χ0) is 46.5. The van der Waals surface area contributed by atoms with Gasteiger partial charge in [0.05, 0.1) is 11.0 Å². The first-order valence-corrected chi connectivity index (χ1v) is 24.2. The first-order chi connectivity index (χ1) is 33.0. The molecule has 1 aromatic heterocycles. The molecule has 68 heavy (non-hydrogen) atoms. The van der Waals surface area contributed by atoms with Crippen molar-refractivity contribution in [3.8, 4) is 61.3 Å². The van der Waals surface area contributed by atoms with Gasteiger partial charge in [-0.2, -0.15) is 0 Å². The van der Waals surface area contributed by atoms with Gasteiger partial charge in [0, 0.05) is 27.3 Å². The number of aryl methyl sites for hydroxylation is 3. The predicted molar refractivity (Wildman–Crippen MR) is 290 cm³/mol. The summed E-state index contributed by atoms with van der Waals surface area (Å²) in [7, 11) is 0. The standard InChI is InChI=1S/C47H37N.C20H18/c1-28-15-19-34-38-26-42-39(27-41(38)46(2,3)40(34)23-28)37-21-17-31-24-32(18-22-33(31)45(37)47(42,4)5)48-43-14-10-9-13-35(43)36-20-16-30(25-44(36)48)29-11-7-6-8-12-29;1-15-8-6-7-11-19(15)20-13-12-18(14-16(20)2)17-9-4-3-5-10-17/h6-27H,1-5H3;3-14H,1-2H3. The Morgan fingerprint density at radius 3 is 1.62 bits per heavy atom. The molecule has 0 spiro atoms. The van der Waals surface area contributed by atoms with E-state index in [1.807, 2.05) is 0 Å². The second-order valence-electron chi connectivity index (χ2n) is 20.3. The van der Waals surface area contributed by atoms with Crippen LogP contribution in [0.5, 0.6) is 0 Å². The summed E-state index contributed by atoms with van der Waals surface area (Å²) >= 11 is 0. The smallest absolute Gasteiger partial charge is 0.0547 e. The molecule has 1 heterocycles. The van der Waals surface area contributed by atoms with Crippen molar-refractivity contribution >= 4 is 32.6 Å². The Morgan fingerprint density at radius 1 is 0.324 bits per heavy atom. The van der Waals surface area contributed by atoms with Crippen LogP contribution in [0.15, 0.2) is 206 Å². The number of aromatic nitrogens is 1. The molecule has 328 valence electrons. The van der Waals surface area contributed by atoms with Gasteiger partial charge in [-0.25, -0.2) is 0 Å². The molecule has 0 saturated carbocycles. The minimum absolute atomic E-state index is 0.0208. The lowest BCUT2D eigenvalue weighted by Crippen LogP contribution is -2.17. The fourth-order valence-corrected chi connectivity index (χ4v) is 11.8. The molecule has 0 radical (unpaired) electrons. The number of hydrogen-bond acceptors (Lipinski definition) is 0. The zero-order valence-electron chi connectivity index (χ0n) is 40.1. The second kappa shape index (κ2) is 15.7. The summed E-state index contributed by atoms with van der Waals surface area (Å²) < 4.78 is 2.45. The summed E-state index contributed by atoms with van der Waals surface area (Å²) in [6.07, 6.45) is 0. The van der Waals surface area contributed by atoms with Crippen LogP contribution in [0, 0.1) is 20.8 Å². The molecular weight excluding hydrogens is 819 g/mol. The lowest BCUT2D eigenvalue weighted by Gasteiger charge is -2.25. The summed E-state index contributed by atoms with van der Waals surface area (Å²) in [5, 5.41) is 5.19. The van der Waals surface area contributed by atoms with E-state index < -0.39 is 0 Å². The van der Waals surface area contributed by atoms with Crippen LogP contribution in [0.1, 0.15) is 66.6 Å². The molecule has 13 rings (SSSR count). The predicted octanol–water partition coefficient (Wildman–Crippen LogP) is 18.2. The van der Waals surface area contributed by atoms with Gasteiger partial charge in [-0.15, -0.1) is 0 Å². The van der Waals surface area contributed by atoms with E-state index in [0.29, 0.717) is 0 Å². The van der Waals surface area contributed by atoms with E-state index in [1.54, 1.807) is 0 Å². The van der Waals surface area contributed by atoms with Crippen LogP contribution in [-0.2, 0) is 10.8 Å². The van der Waals surface area contributed by atoms with Crippen molar-refractivity contribution < 1.29 is 0 Å². The second-order valence-corrected chi connectivity index (χ2v) is 20.3. The summed E-state index contributed by atoms with van der Waals surface area (Å²) in [5.41, 5.74) is 26.5. The van der Waals surface area contributed by atoms with Crippen molar-refractivity contribution in [2.24, 2.45) is 0 Å². The summed E-state index contributed by atoms with van der Waals surface area (Å²) in [4.78, 5) is 0. The zero-order valence-corrected chi connectivity index (χ0v) is 40.1. The highest BCUT2D eigenvalue weighted by Crippen LogP contribution is 2.57. The largest absolute Gasteiger partial charge is 0.309 e. The molecule has 0 N–H and O–H groups in total. The molecule has 0 saturated heterocycles. The maximum absolute atomic E-state index is 2.52. The van der Waals surface area contributed by atoms with Gasteiger partial charge in [0.2, 0.25) is 0 Å². The molecule has 0 amide bonds. The molecule has 11 aromatic rings. The Bertz CT molecular complexity index is 3800. The first kappa shape index (κ1) is 41.7. The van der Waals surface area contributed by atoms with Crippen LogP contribution in [0.25, 0.3) is 93.9 Å². The topological polar surface area (TPSA) is 4.93 Å². The fourth-order valence-electron chi connectivity index (χ4n) is 11.8. The summed E-state index contributed by atoms with van der Waals surface area (Å²) in [6.45, 7) is 16.2. The molecule has 0 aliphatic heterocycles. The molecule has 10 aromatic carbocycles. The van der Waals surface area contributed by atoms with Crippen molar-refractivity contribution in [2.45, 2.75) is 59.3 Å². The minimum atomic E-state index is -0.115. The Kier molecular flexibility index (Phi) is 9.61. The van der Waals surface area contributed by atoms with E-state index in [2.05, 4.69) is 259 Å². The molecular formula is C67H55N. The molecule has 0 unspecified atom stereocenters. The number of benzene rings is 10. The Labute approximate surface area is 401 Å². The Morgan fingerprint density at radius 2 is 0.882 bits per heavy atom. The van der Waals surface area contributed by atoms with Gasteiger partial charge < -0.3 is 4.57 Å². The average molecular weight is 874 g/mol. The lowest BCUT2D eigenvalue weighted by molar-refractivity contribution is 0.654. The lowest BCUT2D eigenvalue weighted by atomic mass is 9.78. The molecule has 0 atom stereocenters. The van der Waals surface area contributed by atoms with E-state index >= 15 is 0 Å². The van der Waals surface area contributed by atoms with Crippen LogP contribution < -0.4 is 0 Å². The molecule has 0 bridgehead atoms. The number of nitrogens with zero attached hydrogens (tertiary/aromatic N) is 1. The van der Waals surface area contributed by atoms with Crippen LogP contribution in [0.3, 0.4) is 0 Å². The van der Waals surface area contributed by atoms with E-state index in [-0.39, 0.29) is 10.8 Å². The van der Waals surface area contributed by atoms with Gasteiger partial charge in [0.15, 0.2) is 0 Å². The van der Waals surface area contributed by atoms with Gasteiger partial charge in [0.1, 0.15) is 0 Å². The van der Waals surface area contributed by atoms with Crippen LogP contribution in [0.2, 0.25) is 0 Å². The molecule has 1 nitrogen and oxygen atoms in total. The SMILES string of the molecule is Cc1ccc2c(c1)C(C)(C)c1cc3c(cc1-2)C(C)(C)c1c-3ccc2cc(-n3c4ccccc4c4ccc(-c5ccccc5)cc43)ccc12.Cc1ccccc1-c1ccc(-c2ccccc2)cc1C. The summed E-state index contributed by atoms with van der Waals surface area (Å²) in [5.74, 6) is 0. The third kappa shape index (κ3) is 6.51. The van der Waals surface area contributed by atoms with Crippen molar-refractivity contribution in [3.05, 3.63) is 245 Å². The van der Waals surface area contributed by atoms with E-state index in [9.17, 15) is 0 Å². The molecule has 2 aliphatic rings. The number of fused-ring (bicyclic) bond motifs is 11. The molecule has 2 aliphatic carbocycles. The van der Waals surface area contributed by atoms with Crippen LogP contribution >= 0.6 is 0 Å². The van der Waals surface area contributed by atoms with E-state index in [4.69, 9.17) is 0 Å². The van der Waals surface area contributed by atoms with Gasteiger partial charge in [-0.1, -0.05) is 203 Å². The monoisotopic (exact) mass is 873 g/mol.